The molecule has 1 aliphatic rings. The molecule has 1 aromatic heterocycles. The van der Waals surface area contributed by atoms with Crippen LogP contribution >= 0.6 is 0 Å². The number of methoxy groups -OCH3 is 2. The Bertz CT molecular complexity index is 820. The van der Waals surface area contributed by atoms with Gasteiger partial charge in [-0.15, -0.1) is 0 Å². The maximum absolute atomic E-state index is 11.8. The van der Waals surface area contributed by atoms with E-state index in [1.54, 1.807) is 20.4 Å². The van der Waals surface area contributed by atoms with Gasteiger partial charge in [-0.1, -0.05) is 0 Å². The zero-order valence-electron chi connectivity index (χ0n) is 13.2. The minimum atomic E-state index is -2.95. The summed E-state index contributed by atoms with van der Waals surface area (Å²) >= 11 is 0. The maximum atomic E-state index is 11.8. The number of pyridine rings is 1. The molecular formula is C16H20N2O4S. The van der Waals surface area contributed by atoms with Gasteiger partial charge in [-0.2, -0.15) is 0 Å². The number of rotatable bonds is 4. The van der Waals surface area contributed by atoms with Crippen molar-refractivity contribution in [3.63, 3.8) is 0 Å². The van der Waals surface area contributed by atoms with Gasteiger partial charge in [0.1, 0.15) is 0 Å². The van der Waals surface area contributed by atoms with Crippen LogP contribution < -0.4 is 14.8 Å². The van der Waals surface area contributed by atoms with Crippen LogP contribution in [-0.4, -0.2) is 45.2 Å². The first-order valence-corrected chi connectivity index (χ1v) is 9.32. The highest BCUT2D eigenvalue weighted by molar-refractivity contribution is 7.91. The molecular weight excluding hydrogens is 316 g/mol. The van der Waals surface area contributed by atoms with Crippen molar-refractivity contribution in [2.75, 3.05) is 31.0 Å². The molecule has 6 nitrogen and oxygen atoms in total. The number of benzene rings is 1. The first-order valence-electron chi connectivity index (χ1n) is 7.50. The van der Waals surface area contributed by atoms with Gasteiger partial charge in [0.25, 0.3) is 0 Å². The van der Waals surface area contributed by atoms with E-state index in [9.17, 15) is 8.42 Å². The lowest BCUT2D eigenvalue weighted by molar-refractivity contribution is 0.356. The van der Waals surface area contributed by atoms with Gasteiger partial charge in [0.05, 0.1) is 31.2 Å². The van der Waals surface area contributed by atoms with Crippen molar-refractivity contribution in [3.05, 3.63) is 24.4 Å². The Morgan fingerprint density at radius 2 is 1.96 bits per heavy atom. The van der Waals surface area contributed by atoms with Crippen molar-refractivity contribution < 1.29 is 17.9 Å². The van der Waals surface area contributed by atoms with Crippen molar-refractivity contribution >= 4 is 26.4 Å². The summed E-state index contributed by atoms with van der Waals surface area (Å²) in [6, 6.07) is 5.46. The quantitative estimate of drug-likeness (QED) is 0.923. The molecule has 1 aliphatic heterocycles. The van der Waals surface area contributed by atoms with Crippen LogP contribution in [-0.2, 0) is 9.84 Å². The summed E-state index contributed by atoms with van der Waals surface area (Å²) in [5.41, 5.74) is 1.63. The van der Waals surface area contributed by atoms with E-state index >= 15 is 0 Å². The fourth-order valence-corrected chi connectivity index (χ4v) is 4.59. The van der Waals surface area contributed by atoms with Crippen molar-refractivity contribution in [2.24, 2.45) is 0 Å². The Morgan fingerprint density at radius 3 is 2.65 bits per heavy atom. The molecule has 1 fully saturated rings. The van der Waals surface area contributed by atoms with E-state index in [4.69, 9.17) is 9.47 Å². The summed E-state index contributed by atoms with van der Waals surface area (Å²) in [5, 5.41) is 4.24. The van der Waals surface area contributed by atoms with Crippen LogP contribution in [0.25, 0.3) is 10.9 Å². The molecule has 0 bridgehead atoms. The van der Waals surface area contributed by atoms with Crippen LogP contribution in [0.4, 0.5) is 5.69 Å². The number of ether oxygens (including phenoxy) is 2. The third-order valence-corrected chi connectivity index (χ3v) is 5.89. The molecule has 1 saturated heterocycles. The van der Waals surface area contributed by atoms with Gasteiger partial charge >= 0.3 is 0 Å². The third-order valence-electron chi connectivity index (χ3n) is 4.07. The lowest BCUT2D eigenvalue weighted by Gasteiger charge is -2.24. The van der Waals surface area contributed by atoms with Crippen molar-refractivity contribution in [3.8, 4) is 11.5 Å². The number of hydrogen-bond donors (Lipinski definition) is 1. The molecule has 0 aliphatic carbocycles. The molecule has 2 heterocycles. The summed E-state index contributed by atoms with van der Waals surface area (Å²) in [5.74, 6) is 1.69. The van der Waals surface area contributed by atoms with Crippen LogP contribution in [0.3, 0.4) is 0 Å². The van der Waals surface area contributed by atoms with Crippen molar-refractivity contribution in [1.82, 2.24) is 4.98 Å². The minimum absolute atomic E-state index is 0.0764. The number of fused-ring (bicyclic) bond motifs is 1. The summed E-state index contributed by atoms with van der Waals surface area (Å²) in [6.45, 7) is 0. The monoisotopic (exact) mass is 336 g/mol. The predicted molar refractivity (Wildman–Crippen MR) is 90.1 cm³/mol. The number of anilines is 1. The number of sulfone groups is 1. The SMILES string of the molecule is COc1cc2nccc(NC3CCCS(=O)(=O)C3)c2cc1OC. The van der Waals surface area contributed by atoms with Crippen molar-refractivity contribution in [1.29, 1.82) is 0 Å². The second kappa shape index (κ2) is 6.23. The van der Waals surface area contributed by atoms with E-state index in [1.807, 2.05) is 18.2 Å². The lowest BCUT2D eigenvalue weighted by Crippen LogP contribution is -2.34. The van der Waals surface area contributed by atoms with E-state index in [0.29, 0.717) is 17.9 Å². The predicted octanol–water partition coefficient (Wildman–Crippen LogP) is 2.24. The summed E-state index contributed by atoms with van der Waals surface area (Å²) in [6.07, 6.45) is 3.24. The number of nitrogens with zero attached hydrogens (tertiary/aromatic N) is 1. The number of aromatic nitrogens is 1. The van der Waals surface area contributed by atoms with Gasteiger partial charge in [-0.05, 0) is 25.0 Å². The van der Waals surface area contributed by atoms with E-state index in [1.165, 1.54) is 0 Å². The second-order valence-electron chi connectivity index (χ2n) is 5.68. The first kappa shape index (κ1) is 15.9. The molecule has 0 spiro atoms. The van der Waals surface area contributed by atoms with E-state index in [0.717, 1.165) is 23.0 Å². The fourth-order valence-electron chi connectivity index (χ4n) is 2.96. The fraction of sp³-hybridized carbons (Fsp3) is 0.438. The zero-order valence-corrected chi connectivity index (χ0v) is 14.0. The Labute approximate surface area is 135 Å². The average Bonchev–Trinajstić information content (AvgIpc) is 2.53. The smallest absolute Gasteiger partial charge is 0.162 e. The molecule has 1 N–H and O–H groups in total. The molecule has 1 atom stereocenters. The lowest BCUT2D eigenvalue weighted by atomic mass is 10.1. The highest BCUT2D eigenvalue weighted by Crippen LogP contribution is 2.34. The molecule has 124 valence electrons. The Hall–Kier alpha value is -2.02. The molecule has 3 rings (SSSR count). The average molecular weight is 336 g/mol. The van der Waals surface area contributed by atoms with Gasteiger partial charge < -0.3 is 14.8 Å². The number of hydrogen-bond acceptors (Lipinski definition) is 6. The topological polar surface area (TPSA) is 77.5 Å². The second-order valence-corrected chi connectivity index (χ2v) is 7.91. The summed E-state index contributed by atoms with van der Waals surface area (Å²) in [4.78, 5) is 4.35. The van der Waals surface area contributed by atoms with Crippen LogP contribution in [0, 0.1) is 0 Å². The van der Waals surface area contributed by atoms with Gasteiger partial charge in [-0.3, -0.25) is 4.98 Å². The standard InChI is InChI=1S/C16H20N2O4S/c1-21-15-8-12-13(5-6-17-14(12)9-16(15)22-2)18-11-4-3-7-23(19,20)10-11/h5-6,8-9,11H,3-4,7,10H2,1-2H3,(H,17,18). The normalized spacial score (nSPS) is 20.2. The maximum Gasteiger partial charge on any atom is 0.162 e. The minimum Gasteiger partial charge on any atom is -0.493 e. The molecule has 0 saturated carbocycles. The van der Waals surface area contributed by atoms with Gasteiger partial charge in [-0.25, -0.2) is 8.42 Å². The van der Waals surface area contributed by atoms with Gasteiger partial charge in [0.2, 0.25) is 0 Å². The molecule has 0 amide bonds. The molecule has 23 heavy (non-hydrogen) atoms. The largest absolute Gasteiger partial charge is 0.493 e. The highest BCUT2D eigenvalue weighted by atomic mass is 32.2. The van der Waals surface area contributed by atoms with Crippen molar-refractivity contribution in [2.45, 2.75) is 18.9 Å². The molecule has 7 heteroatoms. The Balaban J connectivity index is 1.97. The summed E-state index contributed by atoms with van der Waals surface area (Å²) < 4.78 is 34.3. The van der Waals surface area contributed by atoms with Crippen LogP contribution in [0.15, 0.2) is 24.4 Å². The van der Waals surface area contributed by atoms with Gasteiger partial charge in [0, 0.05) is 29.4 Å². The first-order chi connectivity index (χ1) is 11.0. The number of nitrogens with one attached hydrogen (secondary N) is 1. The van der Waals surface area contributed by atoms with E-state index < -0.39 is 9.84 Å². The van der Waals surface area contributed by atoms with E-state index in [-0.39, 0.29) is 17.5 Å². The summed E-state index contributed by atoms with van der Waals surface area (Å²) in [7, 11) is 0.215. The Kier molecular flexibility index (Phi) is 4.30. The molecule has 1 unspecified atom stereocenters. The van der Waals surface area contributed by atoms with Crippen LogP contribution in [0.5, 0.6) is 11.5 Å². The van der Waals surface area contributed by atoms with E-state index in [2.05, 4.69) is 10.3 Å². The van der Waals surface area contributed by atoms with Gasteiger partial charge in [0.15, 0.2) is 21.3 Å². The van der Waals surface area contributed by atoms with Crippen LogP contribution in [0.2, 0.25) is 0 Å². The Morgan fingerprint density at radius 1 is 1.22 bits per heavy atom. The third kappa shape index (κ3) is 3.34. The van der Waals surface area contributed by atoms with Crippen LogP contribution in [0.1, 0.15) is 12.8 Å². The molecule has 1 aromatic carbocycles. The highest BCUT2D eigenvalue weighted by Gasteiger charge is 2.25. The molecule has 0 radical (unpaired) electrons. The molecule has 2 aromatic rings. The zero-order chi connectivity index (χ0) is 16.4.